The molecular formula is C13H22N4O2S. The average Bonchev–Trinajstić information content (AvgIpc) is 3.04. The molecule has 0 saturated heterocycles. The van der Waals surface area contributed by atoms with Gasteiger partial charge in [-0.3, -0.25) is 4.79 Å². The Labute approximate surface area is 123 Å². The van der Waals surface area contributed by atoms with E-state index in [1.165, 1.54) is 37.4 Å². The first-order chi connectivity index (χ1) is 9.58. The van der Waals surface area contributed by atoms with Crippen LogP contribution >= 0.6 is 11.8 Å². The number of carboxylic acid groups (broad SMARTS) is 1. The Morgan fingerprint density at radius 1 is 1.45 bits per heavy atom. The van der Waals surface area contributed by atoms with E-state index in [9.17, 15) is 4.79 Å². The van der Waals surface area contributed by atoms with Crippen LogP contribution in [-0.2, 0) is 11.3 Å². The molecule has 1 N–H and O–H groups in total. The third kappa shape index (κ3) is 3.96. The maximum Gasteiger partial charge on any atom is 0.313 e. The van der Waals surface area contributed by atoms with E-state index in [1.807, 2.05) is 11.5 Å². The zero-order valence-corrected chi connectivity index (χ0v) is 12.9. The summed E-state index contributed by atoms with van der Waals surface area (Å²) in [7, 11) is 2.17. The number of thioether (sulfide) groups is 1. The predicted octanol–water partition coefficient (Wildman–Crippen LogP) is 1.64. The molecule has 0 aliphatic heterocycles. The fraction of sp³-hybridized carbons (Fsp3) is 0.769. The van der Waals surface area contributed by atoms with E-state index in [1.54, 1.807) is 0 Å². The van der Waals surface area contributed by atoms with Crippen LogP contribution in [0.3, 0.4) is 0 Å². The largest absolute Gasteiger partial charge is 0.481 e. The molecule has 1 aliphatic rings. The van der Waals surface area contributed by atoms with Crippen molar-refractivity contribution in [3.8, 4) is 0 Å². The van der Waals surface area contributed by atoms with E-state index in [2.05, 4.69) is 22.1 Å². The normalized spacial score (nSPS) is 16.1. The van der Waals surface area contributed by atoms with Crippen molar-refractivity contribution < 1.29 is 9.90 Å². The van der Waals surface area contributed by atoms with E-state index in [4.69, 9.17) is 5.11 Å². The zero-order valence-electron chi connectivity index (χ0n) is 12.1. The Kier molecular flexibility index (Phi) is 5.42. The molecule has 1 heterocycles. The summed E-state index contributed by atoms with van der Waals surface area (Å²) in [6.07, 6.45) is 5.25. The Hall–Kier alpha value is -1.08. The van der Waals surface area contributed by atoms with Crippen molar-refractivity contribution >= 4 is 17.7 Å². The molecule has 0 aromatic carbocycles. The zero-order chi connectivity index (χ0) is 14.5. The van der Waals surface area contributed by atoms with Crippen LogP contribution in [0.2, 0.25) is 0 Å². The molecule has 0 spiro atoms. The molecular weight excluding hydrogens is 276 g/mol. The molecule has 0 amide bonds. The van der Waals surface area contributed by atoms with Crippen LogP contribution in [-0.4, -0.2) is 56.1 Å². The predicted molar refractivity (Wildman–Crippen MR) is 78.0 cm³/mol. The first-order valence-corrected chi connectivity index (χ1v) is 8.01. The second-order valence-electron chi connectivity index (χ2n) is 5.28. The van der Waals surface area contributed by atoms with Crippen LogP contribution in [0.1, 0.15) is 31.5 Å². The second kappa shape index (κ2) is 7.08. The van der Waals surface area contributed by atoms with Crippen molar-refractivity contribution in [3.63, 3.8) is 0 Å². The third-order valence-corrected chi connectivity index (χ3v) is 4.80. The summed E-state index contributed by atoms with van der Waals surface area (Å²) in [6.45, 7) is 3.67. The van der Waals surface area contributed by atoms with Gasteiger partial charge in [0.25, 0.3) is 0 Å². The van der Waals surface area contributed by atoms with Gasteiger partial charge in [-0.2, -0.15) is 0 Å². The molecule has 0 radical (unpaired) electrons. The smallest absolute Gasteiger partial charge is 0.313 e. The van der Waals surface area contributed by atoms with Gasteiger partial charge in [-0.05, 0) is 26.8 Å². The quantitative estimate of drug-likeness (QED) is 0.772. The Balaban J connectivity index is 1.90. The van der Waals surface area contributed by atoms with E-state index < -0.39 is 5.97 Å². The molecule has 1 aromatic rings. The highest BCUT2D eigenvalue weighted by molar-refractivity contribution is 7.99. The minimum atomic E-state index is -0.828. The summed E-state index contributed by atoms with van der Waals surface area (Å²) in [5, 5.41) is 17.6. The molecule has 6 nitrogen and oxygen atoms in total. The molecule has 1 fully saturated rings. The lowest BCUT2D eigenvalue weighted by molar-refractivity contribution is -0.133. The molecule has 0 unspecified atom stereocenters. The molecule has 20 heavy (non-hydrogen) atoms. The number of hydrogen-bond donors (Lipinski definition) is 1. The molecule has 7 heteroatoms. The number of likely N-dealkylation sites (N-methyl/N-ethyl adjacent to an activating group) is 1. The lowest BCUT2D eigenvalue weighted by Crippen LogP contribution is -2.32. The highest BCUT2D eigenvalue weighted by Gasteiger charge is 2.20. The van der Waals surface area contributed by atoms with E-state index >= 15 is 0 Å². The lowest BCUT2D eigenvalue weighted by atomic mass is 10.2. The maximum atomic E-state index is 10.6. The summed E-state index contributed by atoms with van der Waals surface area (Å²) in [5.41, 5.74) is 0. The van der Waals surface area contributed by atoms with E-state index in [-0.39, 0.29) is 5.75 Å². The van der Waals surface area contributed by atoms with Gasteiger partial charge in [0, 0.05) is 19.1 Å². The first-order valence-electron chi connectivity index (χ1n) is 7.02. The van der Waals surface area contributed by atoms with Gasteiger partial charge < -0.3 is 14.6 Å². The van der Waals surface area contributed by atoms with Crippen LogP contribution in [0, 0.1) is 6.92 Å². The standard InChI is InChI=1S/C13H22N4O2S/c1-10-14-15-13(20-9-12(18)19)17(10)8-7-16(2)11-5-3-4-6-11/h11H,3-9H2,1-2H3,(H,18,19). The minimum absolute atomic E-state index is 0.0244. The number of aliphatic carboxylic acids is 1. The maximum absolute atomic E-state index is 10.6. The fourth-order valence-electron chi connectivity index (χ4n) is 2.64. The van der Waals surface area contributed by atoms with Crippen molar-refractivity contribution in [2.45, 2.75) is 50.4 Å². The van der Waals surface area contributed by atoms with E-state index in [0.717, 1.165) is 18.9 Å². The highest BCUT2D eigenvalue weighted by Crippen LogP contribution is 2.22. The van der Waals surface area contributed by atoms with Crippen LogP contribution in [0.25, 0.3) is 0 Å². The number of hydrogen-bond acceptors (Lipinski definition) is 5. The summed E-state index contributed by atoms with van der Waals surface area (Å²) < 4.78 is 2.01. The number of nitrogens with zero attached hydrogens (tertiary/aromatic N) is 4. The number of aryl methyl sites for hydroxylation is 1. The van der Waals surface area contributed by atoms with Crippen LogP contribution in [0.15, 0.2) is 5.16 Å². The summed E-state index contributed by atoms with van der Waals surface area (Å²) >= 11 is 1.23. The first kappa shape index (κ1) is 15.3. The highest BCUT2D eigenvalue weighted by atomic mass is 32.2. The summed E-state index contributed by atoms with van der Waals surface area (Å²) in [6, 6.07) is 0.696. The molecule has 0 atom stereocenters. The van der Waals surface area contributed by atoms with Crippen molar-refractivity contribution in [3.05, 3.63) is 5.82 Å². The van der Waals surface area contributed by atoms with Gasteiger partial charge in [-0.1, -0.05) is 24.6 Å². The number of carbonyl (C=O) groups is 1. The van der Waals surface area contributed by atoms with Gasteiger partial charge in [0.15, 0.2) is 5.16 Å². The average molecular weight is 298 g/mol. The topological polar surface area (TPSA) is 71.2 Å². The van der Waals surface area contributed by atoms with Gasteiger partial charge in [0.2, 0.25) is 0 Å². The number of rotatable bonds is 7. The van der Waals surface area contributed by atoms with Gasteiger partial charge in [0.05, 0.1) is 5.75 Å². The van der Waals surface area contributed by atoms with Crippen LogP contribution in [0.4, 0.5) is 0 Å². The summed E-state index contributed by atoms with van der Waals surface area (Å²) in [4.78, 5) is 13.0. The van der Waals surface area contributed by atoms with Gasteiger partial charge in [-0.25, -0.2) is 0 Å². The van der Waals surface area contributed by atoms with Gasteiger partial charge in [0.1, 0.15) is 5.82 Å². The molecule has 2 rings (SSSR count). The van der Waals surface area contributed by atoms with Crippen molar-refractivity contribution in [2.24, 2.45) is 0 Å². The lowest BCUT2D eigenvalue weighted by Gasteiger charge is -2.24. The SMILES string of the molecule is Cc1nnc(SCC(=O)O)n1CCN(C)C1CCCC1. The van der Waals surface area contributed by atoms with Gasteiger partial charge in [-0.15, -0.1) is 10.2 Å². The molecule has 1 aliphatic carbocycles. The molecule has 1 saturated carbocycles. The van der Waals surface area contributed by atoms with E-state index in [0.29, 0.717) is 11.2 Å². The van der Waals surface area contributed by atoms with Crippen molar-refractivity contribution in [1.29, 1.82) is 0 Å². The number of carboxylic acids is 1. The fourth-order valence-corrected chi connectivity index (χ4v) is 3.37. The monoisotopic (exact) mass is 298 g/mol. The Bertz CT molecular complexity index is 457. The van der Waals surface area contributed by atoms with Crippen molar-refractivity contribution in [2.75, 3.05) is 19.3 Å². The summed E-state index contributed by atoms with van der Waals surface area (Å²) in [5.74, 6) is 0.0411. The van der Waals surface area contributed by atoms with Crippen LogP contribution < -0.4 is 0 Å². The Morgan fingerprint density at radius 3 is 2.80 bits per heavy atom. The van der Waals surface area contributed by atoms with Gasteiger partial charge >= 0.3 is 5.97 Å². The Morgan fingerprint density at radius 2 is 2.15 bits per heavy atom. The second-order valence-corrected chi connectivity index (χ2v) is 6.23. The third-order valence-electron chi connectivity index (χ3n) is 3.85. The molecule has 1 aromatic heterocycles. The number of aromatic nitrogens is 3. The molecule has 0 bridgehead atoms. The minimum Gasteiger partial charge on any atom is -0.481 e. The van der Waals surface area contributed by atoms with Crippen LogP contribution in [0.5, 0.6) is 0 Å². The molecule has 112 valence electrons. The van der Waals surface area contributed by atoms with Crippen molar-refractivity contribution in [1.82, 2.24) is 19.7 Å².